The Kier molecular flexibility index (Phi) is 8.87. The van der Waals surface area contributed by atoms with Gasteiger partial charge in [-0.05, 0) is 60.7 Å². The second-order valence-corrected chi connectivity index (χ2v) is 6.92. The molecule has 2 amide bonds. The van der Waals surface area contributed by atoms with Gasteiger partial charge in [0.2, 0.25) is 0 Å². The van der Waals surface area contributed by atoms with Crippen LogP contribution in [-0.2, 0) is 9.59 Å². The number of benzene rings is 2. The highest BCUT2D eigenvalue weighted by Gasteiger charge is 2.13. The summed E-state index contributed by atoms with van der Waals surface area (Å²) in [6.45, 7) is 9.18. The zero-order valence-electron chi connectivity index (χ0n) is 17.9. The maximum atomic E-state index is 12.0. The average Bonchev–Trinajstić information content (AvgIpc) is 2.73. The number of nitrogens with one attached hydrogen (secondary N) is 2. The zero-order chi connectivity index (χ0) is 21.9. The normalized spacial score (nSPS) is 10.8. The number of hydrazone groups is 1. The van der Waals surface area contributed by atoms with Crippen molar-refractivity contribution in [2.75, 3.05) is 18.5 Å². The van der Waals surface area contributed by atoms with Crippen LogP contribution in [0, 0.1) is 0 Å². The number of hydrogen-bond acceptors (Lipinski definition) is 5. The molecule has 0 heterocycles. The molecular weight excluding hydrogens is 382 g/mol. The summed E-state index contributed by atoms with van der Waals surface area (Å²) in [4.78, 5) is 24.0. The fourth-order valence-corrected chi connectivity index (χ4v) is 2.56. The molecule has 0 spiro atoms. The van der Waals surface area contributed by atoms with Crippen LogP contribution < -0.4 is 20.2 Å². The summed E-state index contributed by atoms with van der Waals surface area (Å²) in [6, 6.07) is 12.7. The van der Waals surface area contributed by atoms with Crippen molar-refractivity contribution < 1.29 is 19.1 Å². The fourth-order valence-electron chi connectivity index (χ4n) is 2.56. The highest BCUT2D eigenvalue weighted by Crippen LogP contribution is 2.28. The number of carbonyl (C=O) groups excluding carboxylic acids is 2. The van der Waals surface area contributed by atoms with Gasteiger partial charge >= 0.3 is 11.8 Å². The first-order valence-electron chi connectivity index (χ1n) is 10.1. The molecule has 0 atom stereocenters. The van der Waals surface area contributed by atoms with Crippen LogP contribution in [0.4, 0.5) is 5.69 Å². The van der Waals surface area contributed by atoms with Crippen molar-refractivity contribution in [2.24, 2.45) is 5.10 Å². The lowest BCUT2D eigenvalue weighted by Crippen LogP contribution is -2.32. The minimum absolute atomic E-state index is 0.392. The minimum atomic E-state index is -0.855. The van der Waals surface area contributed by atoms with E-state index >= 15 is 0 Å². The SMILES string of the molecule is CCCOc1ccc(/C=N\NC(=O)C(=O)Nc2ccc(C(C)C)cc2)cc1OCC. The van der Waals surface area contributed by atoms with Gasteiger partial charge in [-0.3, -0.25) is 9.59 Å². The van der Waals surface area contributed by atoms with Gasteiger partial charge in [0.1, 0.15) is 0 Å². The van der Waals surface area contributed by atoms with E-state index in [2.05, 4.69) is 29.7 Å². The molecule has 0 unspecified atom stereocenters. The molecule has 2 rings (SSSR count). The maximum Gasteiger partial charge on any atom is 0.329 e. The predicted octanol–water partition coefficient (Wildman–Crippen LogP) is 4.09. The Morgan fingerprint density at radius 1 is 1.00 bits per heavy atom. The maximum absolute atomic E-state index is 12.0. The molecule has 0 bridgehead atoms. The summed E-state index contributed by atoms with van der Waals surface area (Å²) in [7, 11) is 0. The molecule has 30 heavy (non-hydrogen) atoms. The third-order valence-electron chi connectivity index (χ3n) is 4.15. The minimum Gasteiger partial charge on any atom is -0.490 e. The van der Waals surface area contributed by atoms with Crippen molar-refractivity contribution in [2.45, 2.75) is 40.0 Å². The van der Waals surface area contributed by atoms with Crippen molar-refractivity contribution in [3.8, 4) is 11.5 Å². The zero-order valence-corrected chi connectivity index (χ0v) is 17.9. The van der Waals surface area contributed by atoms with Crippen molar-refractivity contribution in [1.29, 1.82) is 0 Å². The van der Waals surface area contributed by atoms with Crippen LogP contribution in [-0.4, -0.2) is 31.2 Å². The summed E-state index contributed by atoms with van der Waals surface area (Å²) in [5.74, 6) is 0.00403. The van der Waals surface area contributed by atoms with E-state index in [0.717, 1.165) is 12.0 Å². The van der Waals surface area contributed by atoms with Crippen LogP contribution in [0.3, 0.4) is 0 Å². The van der Waals surface area contributed by atoms with Crippen molar-refractivity contribution in [3.63, 3.8) is 0 Å². The molecule has 2 aromatic carbocycles. The molecule has 0 aliphatic heterocycles. The molecule has 0 saturated carbocycles. The molecule has 2 N–H and O–H groups in total. The Morgan fingerprint density at radius 2 is 1.73 bits per heavy atom. The summed E-state index contributed by atoms with van der Waals surface area (Å²) < 4.78 is 11.2. The molecule has 160 valence electrons. The number of nitrogens with zero attached hydrogens (tertiary/aromatic N) is 1. The van der Waals surface area contributed by atoms with Gasteiger partial charge in [-0.15, -0.1) is 0 Å². The van der Waals surface area contributed by atoms with Gasteiger partial charge in [0.15, 0.2) is 11.5 Å². The molecule has 0 radical (unpaired) electrons. The van der Waals surface area contributed by atoms with Gasteiger partial charge in [-0.25, -0.2) is 5.43 Å². The third-order valence-corrected chi connectivity index (χ3v) is 4.15. The topological polar surface area (TPSA) is 89.0 Å². The van der Waals surface area contributed by atoms with Crippen molar-refractivity contribution in [1.82, 2.24) is 5.43 Å². The van der Waals surface area contributed by atoms with Gasteiger partial charge in [0.25, 0.3) is 0 Å². The van der Waals surface area contributed by atoms with Gasteiger partial charge in [-0.1, -0.05) is 32.9 Å². The molecule has 0 aromatic heterocycles. The highest BCUT2D eigenvalue weighted by atomic mass is 16.5. The lowest BCUT2D eigenvalue weighted by molar-refractivity contribution is -0.136. The van der Waals surface area contributed by atoms with Crippen LogP contribution in [0.5, 0.6) is 11.5 Å². The Labute approximate surface area is 177 Å². The van der Waals surface area contributed by atoms with Crippen LogP contribution in [0.15, 0.2) is 47.6 Å². The van der Waals surface area contributed by atoms with E-state index in [0.29, 0.717) is 41.9 Å². The van der Waals surface area contributed by atoms with E-state index < -0.39 is 11.8 Å². The van der Waals surface area contributed by atoms with Crippen molar-refractivity contribution in [3.05, 3.63) is 53.6 Å². The second kappa shape index (κ2) is 11.6. The third kappa shape index (κ3) is 6.92. The van der Waals surface area contributed by atoms with E-state index in [1.807, 2.05) is 26.0 Å². The summed E-state index contributed by atoms with van der Waals surface area (Å²) in [5.41, 5.74) is 4.63. The molecule has 2 aromatic rings. The van der Waals surface area contributed by atoms with Crippen molar-refractivity contribution >= 4 is 23.7 Å². The Balaban J connectivity index is 1.94. The summed E-state index contributed by atoms with van der Waals surface area (Å²) in [5, 5.41) is 6.40. The first kappa shape index (κ1) is 22.9. The molecule has 0 aliphatic carbocycles. The molecule has 7 nitrogen and oxygen atoms in total. The van der Waals surface area contributed by atoms with Crippen LogP contribution in [0.25, 0.3) is 0 Å². The summed E-state index contributed by atoms with van der Waals surface area (Å²) >= 11 is 0. The van der Waals surface area contributed by atoms with E-state index in [1.165, 1.54) is 6.21 Å². The Bertz CT molecular complexity index is 877. The van der Waals surface area contributed by atoms with Gasteiger partial charge in [-0.2, -0.15) is 5.10 Å². The van der Waals surface area contributed by atoms with E-state index in [1.54, 1.807) is 30.3 Å². The average molecular weight is 412 g/mol. The van der Waals surface area contributed by atoms with Crippen LogP contribution >= 0.6 is 0 Å². The number of hydrogen-bond donors (Lipinski definition) is 2. The number of carbonyl (C=O) groups is 2. The highest BCUT2D eigenvalue weighted by molar-refractivity contribution is 6.39. The Morgan fingerprint density at radius 3 is 2.37 bits per heavy atom. The number of rotatable bonds is 9. The van der Waals surface area contributed by atoms with Crippen LogP contribution in [0.2, 0.25) is 0 Å². The number of anilines is 1. The molecule has 0 aliphatic rings. The smallest absolute Gasteiger partial charge is 0.329 e. The molecule has 0 fully saturated rings. The molecule has 7 heteroatoms. The quantitative estimate of drug-likeness (QED) is 0.370. The lowest BCUT2D eigenvalue weighted by Gasteiger charge is -2.11. The number of amides is 2. The molecule has 0 saturated heterocycles. The van der Waals surface area contributed by atoms with E-state index in [9.17, 15) is 9.59 Å². The van der Waals surface area contributed by atoms with Gasteiger partial charge in [0.05, 0.1) is 19.4 Å². The predicted molar refractivity (Wildman–Crippen MR) is 118 cm³/mol. The monoisotopic (exact) mass is 411 g/mol. The fraction of sp³-hybridized carbons (Fsp3) is 0.348. The first-order chi connectivity index (χ1) is 14.4. The summed E-state index contributed by atoms with van der Waals surface area (Å²) in [6.07, 6.45) is 2.33. The van der Waals surface area contributed by atoms with E-state index in [-0.39, 0.29) is 0 Å². The van der Waals surface area contributed by atoms with E-state index in [4.69, 9.17) is 9.47 Å². The van der Waals surface area contributed by atoms with Crippen LogP contribution in [0.1, 0.15) is 51.2 Å². The number of ether oxygens (including phenoxy) is 2. The Hall–Kier alpha value is -3.35. The lowest BCUT2D eigenvalue weighted by atomic mass is 10.0. The standard InChI is InChI=1S/C23H29N3O4/c1-5-13-30-20-12-7-17(14-21(20)29-6-2)15-24-26-23(28)22(27)25-19-10-8-18(9-11-19)16(3)4/h7-12,14-16H,5-6,13H2,1-4H3,(H,25,27)(H,26,28)/b24-15-. The van der Waals surface area contributed by atoms with Gasteiger partial charge < -0.3 is 14.8 Å². The largest absolute Gasteiger partial charge is 0.490 e. The first-order valence-corrected chi connectivity index (χ1v) is 10.1. The van der Waals surface area contributed by atoms with Gasteiger partial charge in [0, 0.05) is 5.69 Å². The molecular formula is C23H29N3O4. The second-order valence-electron chi connectivity index (χ2n) is 6.92.